The minimum absolute atomic E-state index is 0.0473. The normalized spacial score (nSPS) is 17.8. The van der Waals surface area contributed by atoms with Gasteiger partial charge < -0.3 is 14.6 Å². The molecule has 3 aromatic rings. The molecule has 0 bridgehead atoms. The van der Waals surface area contributed by atoms with Crippen LogP contribution in [0.25, 0.3) is 0 Å². The quantitative estimate of drug-likeness (QED) is 0.578. The maximum Gasteiger partial charge on any atom is 0.307 e. The maximum atomic E-state index is 11.3. The van der Waals surface area contributed by atoms with Crippen LogP contribution in [0.1, 0.15) is 51.6 Å². The van der Waals surface area contributed by atoms with Gasteiger partial charge in [-0.3, -0.25) is 9.78 Å². The molecule has 0 fully saturated rings. The first-order chi connectivity index (χ1) is 14.7. The molecule has 2 aromatic carbocycles. The van der Waals surface area contributed by atoms with Crippen LogP contribution in [0.3, 0.4) is 0 Å². The molecule has 1 unspecified atom stereocenters. The summed E-state index contributed by atoms with van der Waals surface area (Å²) in [6.45, 7) is 11.3. The van der Waals surface area contributed by atoms with Gasteiger partial charge in [0.15, 0.2) is 0 Å². The number of fused-ring (bicyclic) bond motifs is 1. The number of hydrogen-bond acceptors (Lipinski definition) is 5. The summed E-state index contributed by atoms with van der Waals surface area (Å²) in [7, 11) is 0. The zero-order valence-corrected chi connectivity index (χ0v) is 19.5. The van der Waals surface area contributed by atoms with Crippen molar-refractivity contribution in [2.45, 2.75) is 59.5 Å². The molecule has 5 nitrogen and oxygen atoms in total. The Bertz CT molecular complexity index is 1180. The van der Waals surface area contributed by atoms with E-state index in [-0.39, 0.29) is 16.4 Å². The third kappa shape index (κ3) is 4.22. The van der Waals surface area contributed by atoms with E-state index in [9.17, 15) is 9.90 Å². The standard InChI is InChI=1S/C25H29NO4S/c1-14-15(2)17(4)22-20(16(14)3)10-11-25(5,30-22)13-29-19-8-6-18(7-9-19)12-21-23(27)26-24(28)31-21/h6-9,27H,10-13H2,1-5H3,(H,26,28). The van der Waals surface area contributed by atoms with Crippen molar-refractivity contribution in [3.05, 3.63) is 72.2 Å². The van der Waals surface area contributed by atoms with Crippen LogP contribution in [-0.4, -0.2) is 22.3 Å². The van der Waals surface area contributed by atoms with Crippen LogP contribution < -0.4 is 14.3 Å². The zero-order chi connectivity index (χ0) is 22.3. The third-order valence-corrected chi connectivity index (χ3v) is 7.41. The SMILES string of the molecule is Cc1c(C)c(C)c2c(c1C)CCC(C)(COc1ccc(Cc3sc(=O)[nH]c3O)cc1)O2. The predicted octanol–water partition coefficient (Wildman–Crippen LogP) is 5.13. The van der Waals surface area contributed by atoms with Crippen LogP contribution in [0.2, 0.25) is 0 Å². The average Bonchev–Trinajstić information content (AvgIpc) is 3.06. The Hall–Kier alpha value is -2.73. The molecule has 31 heavy (non-hydrogen) atoms. The Labute approximate surface area is 186 Å². The summed E-state index contributed by atoms with van der Waals surface area (Å²) in [4.78, 5) is 14.1. The van der Waals surface area contributed by atoms with E-state index in [2.05, 4.69) is 39.6 Å². The van der Waals surface area contributed by atoms with E-state index in [1.165, 1.54) is 27.8 Å². The minimum Gasteiger partial charge on any atom is -0.494 e. The van der Waals surface area contributed by atoms with Crippen molar-refractivity contribution < 1.29 is 14.6 Å². The molecule has 0 saturated carbocycles. The fraction of sp³-hybridized carbons (Fsp3) is 0.400. The summed E-state index contributed by atoms with van der Waals surface area (Å²) in [5.41, 5.74) is 7.18. The fourth-order valence-corrected chi connectivity index (χ4v) is 4.94. The zero-order valence-electron chi connectivity index (χ0n) is 18.7. The molecule has 6 heteroatoms. The molecule has 1 aliphatic heterocycles. The van der Waals surface area contributed by atoms with Crippen LogP contribution in [0, 0.1) is 27.7 Å². The van der Waals surface area contributed by atoms with Crippen molar-refractivity contribution in [2.24, 2.45) is 0 Å². The summed E-state index contributed by atoms with van der Waals surface area (Å²) < 4.78 is 12.6. The van der Waals surface area contributed by atoms with Crippen LogP contribution in [0.5, 0.6) is 17.4 Å². The smallest absolute Gasteiger partial charge is 0.307 e. The van der Waals surface area contributed by atoms with Gasteiger partial charge in [-0.15, -0.1) is 0 Å². The Balaban J connectivity index is 1.44. The number of H-pyrrole nitrogens is 1. The molecule has 2 heterocycles. The number of benzene rings is 2. The highest BCUT2D eigenvalue weighted by Gasteiger charge is 2.35. The van der Waals surface area contributed by atoms with E-state index in [0.29, 0.717) is 17.9 Å². The highest BCUT2D eigenvalue weighted by Crippen LogP contribution is 2.41. The van der Waals surface area contributed by atoms with E-state index >= 15 is 0 Å². The van der Waals surface area contributed by atoms with Gasteiger partial charge in [-0.2, -0.15) is 0 Å². The molecule has 1 atom stereocenters. The molecule has 0 saturated heterocycles. The summed E-state index contributed by atoms with van der Waals surface area (Å²) in [5.74, 6) is 1.76. The monoisotopic (exact) mass is 439 g/mol. The van der Waals surface area contributed by atoms with E-state index in [4.69, 9.17) is 9.47 Å². The first kappa shape index (κ1) is 21.5. The van der Waals surface area contributed by atoms with Gasteiger partial charge in [0.05, 0.1) is 4.88 Å². The highest BCUT2D eigenvalue weighted by molar-refractivity contribution is 7.09. The molecule has 0 radical (unpaired) electrons. The van der Waals surface area contributed by atoms with Gasteiger partial charge in [0, 0.05) is 6.42 Å². The van der Waals surface area contributed by atoms with Crippen molar-refractivity contribution in [3.8, 4) is 17.4 Å². The maximum absolute atomic E-state index is 11.3. The van der Waals surface area contributed by atoms with Gasteiger partial charge in [-0.25, -0.2) is 0 Å². The number of rotatable bonds is 5. The van der Waals surface area contributed by atoms with E-state index in [1.807, 2.05) is 24.3 Å². The molecule has 164 valence electrons. The van der Waals surface area contributed by atoms with Crippen molar-refractivity contribution in [1.29, 1.82) is 0 Å². The first-order valence-corrected chi connectivity index (χ1v) is 11.4. The number of aromatic hydroxyl groups is 1. The van der Waals surface area contributed by atoms with Gasteiger partial charge in [-0.1, -0.05) is 23.5 Å². The molecule has 0 aliphatic carbocycles. The van der Waals surface area contributed by atoms with Gasteiger partial charge in [0.25, 0.3) is 0 Å². The minimum atomic E-state index is -0.381. The lowest BCUT2D eigenvalue weighted by Crippen LogP contribution is -2.42. The summed E-state index contributed by atoms with van der Waals surface area (Å²) in [5, 5.41) is 9.76. The number of hydrogen-bond donors (Lipinski definition) is 2. The molecule has 1 aromatic heterocycles. The van der Waals surface area contributed by atoms with Crippen LogP contribution in [-0.2, 0) is 12.8 Å². The largest absolute Gasteiger partial charge is 0.494 e. The Morgan fingerprint density at radius 2 is 1.77 bits per heavy atom. The van der Waals surface area contributed by atoms with E-state index in [0.717, 1.165) is 41.2 Å². The number of ether oxygens (including phenoxy) is 2. The summed E-state index contributed by atoms with van der Waals surface area (Å²) in [6, 6.07) is 7.76. The van der Waals surface area contributed by atoms with Crippen LogP contribution in [0.4, 0.5) is 0 Å². The number of aromatic nitrogens is 1. The number of aromatic amines is 1. The van der Waals surface area contributed by atoms with Crippen molar-refractivity contribution in [1.82, 2.24) is 4.98 Å². The second kappa shape index (κ2) is 8.08. The molecule has 0 spiro atoms. The molecule has 1 aliphatic rings. The first-order valence-electron chi connectivity index (χ1n) is 10.6. The number of nitrogens with one attached hydrogen (secondary N) is 1. The second-order valence-corrected chi connectivity index (χ2v) is 9.82. The van der Waals surface area contributed by atoms with Gasteiger partial charge in [0.2, 0.25) is 5.88 Å². The van der Waals surface area contributed by atoms with Crippen molar-refractivity contribution >= 4 is 11.3 Å². The summed E-state index contributed by atoms with van der Waals surface area (Å²) in [6.07, 6.45) is 2.40. The Morgan fingerprint density at radius 1 is 1.10 bits per heavy atom. The van der Waals surface area contributed by atoms with Gasteiger partial charge in [-0.05, 0) is 93.0 Å². The van der Waals surface area contributed by atoms with E-state index < -0.39 is 0 Å². The van der Waals surface area contributed by atoms with Crippen LogP contribution in [0.15, 0.2) is 29.1 Å². The third-order valence-electron chi connectivity index (χ3n) is 6.54. The van der Waals surface area contributed by atoms with E-state index in [1.54, 1.807) is 0 Å². The highest BCUT2D eigenvalue weighted by atomic mass is 32.1. The fourth-order valence-electron chi connectivity index (χ4n) is 4.18. The second-order valence-electron chi connectivity index (χ2n) is 8.76. The van der Waals surface area contributed by atoms with Crippen LogP contribution >= 0.6 is 11.3 Å². The molecule has 2 N–H and O–H groups in total. The van der Waals surface area contributed by atoms with Gasteiger partial charge in [0.1, 0.15) is 23.7 Å². The van der Waals surface area contributed by atoms with Crippen molar-refractivity contribution in [2.75, 3.05) is 6.61 Å². The van der Waals surface area contributed by atoms with Gasteiger partial charge >= 0.3 is 4.87 Å². The topological polar surface area (TPSA) is 71.6 Å². The lowest BCUT2D eigenvalue weighted by molar-refractivity contribution is 0.0167. The summed E-state index contributed by atoms with van der Waals surface area (Å²) >= 11 is 1.03. The Morgan fingerprint density at radius 3 is 2.42 bits per heavy atom. The Kier molecular flexibility index (Phi) is 5.60. The molecule has 0 amide bonds. The number of thiazole rings is 1. The van der Waals surface area contributed by atoms with Crippen molar-refractivity contribution in [3.63, 3.8) is 0 Å². The lowest BCUT2D eigenvalue weighted by Gasteiger charge is -2.38. The lowest BCUT2D eigenvalue weighted by atomic mass is 9.85. The predicted molar refractivity (Wildman–Crippen MR) is 124 cm³/mol. The molecular weight excluding hydrogens is 410 g/mol. The molecular formula is C25H29NO4S. The average molecular weight is 440 g/mol. The molecule has 4 rings (SSSR count).